The molecule has 11 nitrogen and oxygen atoms in total. The number of amides is 2. The molecule has 2 aromatic heterocycles. The first-order chi connectivity index (χ1) is 17.5. The fraction of sp³-hybridized carbons (Fsp3) is 0.391. The molecule has 0 unspecified atom stereocenters. The fourth-order valence-corrected chi connectivity index (χ4v) is 3.33. The molecule has 3 aromatic rings. The van der Waals surface area contributed by atoms with E-state index in [9.17, 15) is 9.59 Å². The average Bonchev–Trinajstić information content (AvgIpc) is 3.57. The molecule has 0 aliphatic heterocycles. The van der Waals surface area contributed by atoms with Crippen molar-refractivity contribution in [3.05, 3.63) is 35.8 Å². The summed E-state index contributed by atoms with van der Waals surface area (Å²) in [6, 6.07) is 6.55. The van der Waals surface area contributed by atoms with Gasteiger partial charge in [-0.1, -0.05) is 25.1 Å². The van der Waals surface area contributed by atoms with Gasteiger partial charge < -0.3 is 25.2 Å². The second-order valence-electron chi connectivity index (χ2n) is 8.33. The van der Waals surface area contributed by atoms with Gasteiger partial charge >= 0.3 is 0 Å². The largest absolute Gasteiger partial charge is 0.494 e. The van der Waals surface area contributed by atoms with Crippen LogP contribution in [-0.4, -0.2) is 46.2 Å². The standard InChI is InChI=1S/C23H27N7O4/c1-12(2)10-18-27-23(34-30-18)14-6-5-7-15(20(14)33-4)25-16-11-17(26-21(31)13-8-9-13)28-29-19(16)22(32)24-3/h5-7,11-13H,8-10H2,1-4H3,(H,24,32)(H2,25,26,28,31)/i3D3. The summed E-state index contributed by atoms with van der Waals surface area (Å²) in [5.74, 6) is 0.343. The molecule has 178 valence electrons. The first-order valence-corrected chi connectivity index (χ1v) is 10.8. The average molecular weight is 469 g/mol. The van der Waals surface area contributed by atoms with Gasteiger partial charge in [0.05, 0.1) is 24.0 Å². The molecule has 3 N–H and O–H groups in total. The minimum absolute atomic E-state index is 0.0801. The molecule has 1 fully saturated rings. The van der Waals surface area contributed by atoms with Crippen molar-refractivity contribution in [3.63, 3.8) is 0 Å². The number of aromatic nitrogens is 4. The second-order valence-corrected chi connectivity index (χ2v) is 8.33. The monoisotopic (exact) mass is 468 g/mol. The van der Waals surface area contributed by atoms with E-state index in [2.05, 4.69) is 31.0 Å². The van der Waals surface area contributed by atoms with Crippen molar-refractivity contribution in [2.24, 2.45) is 11.8 Å². The second kappa shape index (κ2) is 9.86. The van der Waals surface area contributed by atoms with Crippen molar-refractivity contribution in [3.8, 4) is 17.2 Å². The highest BCUT2D eigenvalue weighted by atomic mass is 16.5. The van der Waals surface area contributed by atoms with Gasteiger partial charge in [0.2, 0.25) is 5.91 Å². The Balaban J connectivity index is 1.70. The number of methoxy groups -OCH3 is 1. The Morgan fingerprint density at radius 1 is 1.26 bits per heavy atom. The zero-order chi connectivity index (χ0) is 26.7. The van der Waals surface area contributed by atoms with Gasteiger partial charge in [-0.05, 0) is 30.9 Å². The van der Waals surface area contributed by atoms with Crippen molar-refractivity contribution in [2.45, 2.75) is 33.1 Å². The number of hydrogen-bond acceptors (Lipinski definition) is 9. The van der Waals surface area contributed by atoms with E-state index >= 15 is 0 Å². The Morgan fingerprint density at radius 2 is 2.09 bits per heavy atom. The van der Waals surface area contributed by atoms with Crippen LogP contribution in [0.2, 0.25) is 0 Å². The lowest BCUT2D eigenvalue weighted by molar-refractivity contribution is -0.117. The summed E-state index contributed by atoms with van der Waals surface area (Å²) in [4.78, 5) is 29.4. The van der Waals surface area contributed by atoms with Gasteiger partial charge in [-0.15, -0.1) is 10.2 Å². The van der Waals surface area contributed by atoms with E-state index in [1.807, 2.05) is 19.2 Å². The molecule has 2 amide bonds. The predicted octanol–water partition coefficient (Wildman–Crippen LogP) is 3.19. The smallest absolute Gasteiger partial charge is 0.273 e. The normalized spacial score (nSPS) is 14.6. The Hall–Kier alpha value is -4.02. The lowest BCUT2D eigenvalue weighted by Crippen LogP contribution is -2.22. The quantitative estimate of drug-likeness (QED) is 0.431. The van der Waals surface area contributed by atoms with E-state index < -0.39 is 12.9 Å². The molecule has 0 atom stereocenters. The molecule has 11 heteroatoms. The van der Waals surface area contributed by atoms with Crippen LogP contribution in [0.5, 0.6) is 5.75 Å². The van der Waals surface area contributed by atoms with Crippen LogP contribution in [0.15, 0.2) is 28.8 Å². The number of hydrogen-bond donors (Lipinski definition) is 3. The minimum atomic E-state index is -2.74. The predicted molar refractivity (Wildman–Crippen MR) is 125 cm³/mol. The minimum Gasteiger partial charge on any atom is -0.494 e. The van der Waals surface area contributed by atoms with E-state index in [4.69, 9.17) is 13.4 Å². The Kier molecular flexibility index (Phi) is 5.64. The molecule has 2 heterocycles. The van der Waals surface area contributed by atoms with E-state index in [1.165, 1.54) is 13.2 Å². The lowest BCUT2D eigenvalue weighted by Gasteiger charge is -2.15. The number of rotatable bonds is 9. The van der Waals surface area contributed by atoms with Crippen LogP contribution in [0.3, 0.4) is 0 Å². The highest BCUT2D eigenvalue weighted by Gasteiger charge is 2.30. The highest BCUT2D eigenvalue weighted by Crippen LogP contribution is 2.38. The number of carbonyl (C=O) groups excluding carboxylic acids is 2. The van der Waals surface area contributed by atoms with Crippen LogP contribution in [0.25, 0.3) is 11.5 Å². The van der Waals surface area contributed by atoms with Gasteiger partial charge in [-0.25, -0.2) is 0 Å². The summed E-state index contributed by atoms with van der Waals surface area (Å²) >= 11 is 0. The van der Waals surface area contributed by atoms with Crippen LogP contribution < -0.4 is 20.7 Å². The van der Waals surface area contributed by atoms with Crippen LogP contribution in [-0.2, 0) is 11.2 Å². The van der Waals surface area contributed by atoms with E-state index in [0.717, 1.165) is 12.8 Å². The maximum absolute atomic E-state index is 12.7. The first kappa shape index (κ1) is 19.4. The van der Waals surface area contributed by atoms with Crippen LogP contribution >= 0.6 is 0 Å². The van der Waals surface area contributed by atoms with E-state index in [0.29, 0.717) is 35.2 Å². The number of benzene rings is 1. The van der Waals surface area contributed by atoms with Gasteiger partial charge in [0.1, 0.15) is 0 Å². The fourth-order valence-electron chi connectivity index (χ4n) is 3.33. The van der Waals surface area contributed by atoms with Crippen molar-refractivity contribution >= 4 is 29.0 Å². The number of ether oxygens (including phenoxy) is 1. The zero-order valence-electron chi connectivity index (χ0n) is 22.0. The third-order valence-corrected chi connectivity index (χ3v) is 5.10. The van der Waals surface area contributed by atoms with E-state index in [1.54, 1.807) is 18.2 Å². The summed E-state index contributed by atoms with van der Waals surface area (Å²) < 4.78 is 33.1. The number of anilines is 3. The molecule has 0 radical (unpaired) electrons. The molecule has 1 aliphatic carbocycles. The Morgan fingerprint density at radius 3 is 2.79 bits per heavy atom. The topological polar surface area (TPSA) is 144 Å². The third-order valence-electron chi connectivity index (χ3n) is 5.10. The van der Waals surface area contributed by atoms with Gasteiger partial charge in [-0.3, -0.25) is 9.59 Å². The Bertz CT molecular complexity index is 1310. The van der Waals surface area contributed by atoms with E-state index in [-0.39, 0.29) is 34.9 Å². The summed E-state index contributed by atoms with van der Waals surface area (Å²) in [6.45, 7) is 1.36. The van der Waals surface area contributed by atoms with Crippen molar-refractivity contribution in [1.82, 2.24) is 25.7 Å². The maximum atomic E-state index is 12.7. The van der Waals surface area contributed by atoms with Crippen molar-refractivity contribution < 1.29 is 23.0 Å². The van der Waals surface area contributed by atoms with Crippen molar-refractivity contribution in [2.75, 3.05) is 24.7 Å². The van der Waals surface area contributed by atoms with Gasteiger partial charge in [0, 0.05) is 29.5 Å². The zero-order valence-corrected chi connectivity index (χ0v) is 19.0. The summed E-state index contributed by atoms with van der Waals surface area (Å²) in [6.07, 6.45) is 2.23. The molecule has 1 aliphatic rings. The molecule has 1 aromatic carbocycles. The third kappa shape index (κ3) is 5.13. The number of nitrogens with one attached hydrogen (secondary N) is 3. The van der Waals surface area contributed by atoms with Gasteiger partial charge in [-0.2, -0.15) is 4.98 Å². The highest BCUT2D eigenvalue weighted by molar-refractivity contribution is 6.00. The van der Waals surface area contributed by atoms with Crippen LogP contribution in [0, 0.1) is 11.8 Å². The van der Waals surface area contributed by atoms with Crippen molar-refractivity contribution in [1.29, 1.82) is 0 Å². The molecule has 1 saturated carbocycles. The number of carbonyl (C=O) groups is 2. The lowest BCUT2D eigenvalue weighted by atomic mass is 10.1. The van der Waals surface area contributed by atoms with Gasteiger partial charge in [0.25, 0.3) is 11.8 Å². The summed E-state index contributed by atoms with van der Waals surface area (Å²) in [7, 11) is 1.46. The first-order valence-electron chi connectivity index (χ1n) is 12.3. The van der Waals surface area contributed by atoms with Crippen LogP contribution in [0.4, 0.5) is 17.2 Å². The summed E-state index contributed by atoms with van der Waals surface area (Å²) in [5.41, 5.74) is 0.723. The molecular weight excluding hydrogens is 438 g/mol. The molecule has 0 saturated heterocycles. The molecule has 34 heavy (non-hydrogen) atoms. The van der Waals surface area contributed by atoms with Crippen LogP contribution in [0.1, 0.15) is 47.1 Å². The molecule has 4 rings (SSSR count). The Labute approximate surface area is 200 Å². The SMILES string of the molecule is [2H]C([2H])([2H])NC(=O)c1nnc(NC(=O)C2CC2)cc1Nc1cccc(-c2nc(CC(C)C)no2)c1OC. The van der Waals surface area contributed by atoms with Gasteiger partial charge in [0.15, 0.2) is 23.1 Å². The maximum Gasteiger partial charge on any atom is 0.273 e. The summed E-state index contributed by atoms with van der Waals surface area (Å²) in [5, 5.41) is 19.4. The molecule has 0 spiro atoms. The molecular formula is C23H27N7O4. The number of nitrogens with zero attached hydrogens (tertiary/aromatic N) is 4. The number of para-hydroxylation sites is 1. The molecule has 0 bridgehead atoms.